The van der Waals surface area contributed by atoms with E-state index in [9.17, 15) is 4.79 Å². The molecule has 80 valence electrons. The van der Waals surface area contributed by atoms with E-state index in [1.165, 1.54) is 0 Å². The molecule has 15 heavy (non-hydrogen) atoms. The summed E-state index contributed by atoms with van der Waals surface area (Å²) in [6.07, 6.45) is 4.19. The van der Waals surface area contributed by atoms with Gasteiger partial charge < -0.3 is 4.74 Å². The molecule has 0 aromatic heterocycles. The lowest BCUT2D eigenvalue weighted by Crippen LogP contribution is -2.28. The van der Waals surface area contributed by atoms with Gasteiger partial charge in [-0.15, -0.1) is 0 Å². The van der Waals surface area contributed by atoms with Crippen LogP contribution in [0.3, 0.4) is 0 Å². The molecule has 1 aliphatic carbocycles. The molecule has 0 amide bonds. The molecule has 0 aliphatic heterocycles. The molecule has 0 spiro atoms. The van der Waals surface area contributed by atoms with E-state index >= 15 is 0 Å². The standard InChI is InChI=1S/C13H16O2/c1-13(9-5-6-10-13)12(14)15-11-7-3-2-4-8-11/h2-4,7-8H,5-6,9-10H2,1H3. The number of carbonyl (C=O) groups is 1. The van der Waals surface area contributed by atoms with Crippen LogP contribution in [0.5, 0.6) is 5.75 Å². The molecule has 2 nitrogen and oxygen atoms in total. The topological polar surface area (TPSA) is 26.3 Å². The van der Waals surface area contributed by atoms with Crippen molar-refractivity contribution in [2.24, 2.45) is 5.41 Å². The maximum Gasteiger partial charge on any atom is 0.317 e. The fourth-order valence-corrected chi connectivity index (χ4v) is 2.08. The quantitative estimate of drug-likeness (QED) is 0.546. The van der Waals surface area contributed by atoms with E-state index in [0.717, 1.165) is 25.7 Å². The van der Waals surface area contributed by atoms with Gasteiger partial charge in [0.15, 0.2) is 0 Å². The molecule has 2 heteroatoms. The molecule has 1 aromatic carbocycles. The van der Waals surface area contributed by atoms with Crippen molar-refractivity contribution in [2.75, 3.05) is 0 Å². The Morgan fingerprint density at radius 1 is 1.20 bits per heavy atom. The molecule has 2 rings (SSSR count). The highest BCUT2D eigenvalue weighted by atomic mass is 16.5. The van der Waals surface area contributed by atoms with E-state index in [-0.39, 0.29) is 11.4 Å². The number of para-hydroxylation sites is 1. The zero-order valence-corrected chi connectivity index (χ0v) is 9.03. The van der Waals surface area contributed by atoms with E-state index in [1.807, 2.05) is 37.3 Å². The largest absolute Gasteiger partial charge is 0.426 e. The van der Waals surface area contributed by atoms with Gasteiger partial charge >= 0.3 is 5.97 Å². The van der Waals surface area contributed by atoms with Gasteiger partial charge in [-0.05, 0) is 31.9 Å². The molecule has 0 radical (unpaired) electrons. The smallest absolute Gasteiger partial charge is 0.317 e. The van der Waals surface area contributed by atoms with E-state index in [4.69, 9.17) is 4.74 Å². The number of rotatable bonds is 2. The van der Waals surface area contributed by atoms with Crippen molar-refractivity contribution < 1.29 is 9.53 Å². The Balaban J connectivity index is 2.04. The average Bonchev–Trinajstić information content (AvgIpc) is 2.68. The highest BCUT2D eigenvalue weighted by molar-refractivity contribution is 5.79. The summed E-state index contributed by atoms with van der Waals surface area (Å²) >= 11 is 0. The fourth-order valence-electron chi connectivity index (χ4n) is 2.08. The molecule has 1 fully saturated rings. The Kier molecular flexibility index (Phi) is 2.76. The second kappa shape index (κ2) is 4.05. The van der Waals surface area contributed by atoms with Crippen molar-refractivity contribution in [3.05, 3.63) is 30.3 Å². The van der Waals surface area contributed by atoms with Crippen molar-refractivity contribution in [2.45, 2.75) is 32.6 Å². The van der Waals surface area contributed by atoms with Gasteiger partial charge in [0.2, 0.25) is 0 Å². The SMILES string of the molecule is CC1(C(=O)Oc2ccccc2)CCCC1. The van der Waals surface area contributed by atoms with Crippen LogP contribution in [-0.4, -0.2) is 5.97 Å². The fraction of sp³-hybridized carbons (Fsp3) is 0.462. The van der Waals surface area contributed by atoms with Gasteiger partial charge in [-0.1, -0.05) is 31.0 Å². The van der Waals surface area contributed by atoms with E-state index < -0.39 is 0 Å². The van der Waals surface area contributed by atoms with E-state index in [1.54, 1.807) is 0 Å². The third-order valence-corrected chi connectivity index (χ3v) is 3.15. The summed E-state index contributed by atoms with van der Waals surface area (Å²) in [7, 11) is 0. The van der Waals surface area contributed by atoms with Crippen LogP contribution in [0.4, 0.5) is 0 Å². The van der Waals surface area contributed by atoms with Crippen LogP contribution < -0.4 is 4.74 Å². The van der Waals surface area contributed by atoms with Crippen LogP contribution in [0.2, 0.25) is 0 Å². The molecule has 1 aliphatic rings. The second-order valence-electron chi connectivity index (χ2n) is 4.47. The minimum Gasteiger partial charge on any atom is -0.426 e. The second-order valence-corrected chi connectivity index (χ2v) is 4.47. The predicted molar refractivity (Wildman–Crippen MR) is 58.7 cm³/mol. The molecular formula is C13H16O2. The maximum atomic E-state index is 11.9. The van der Waals surface area contributed by atoms with Gasteiger partial charge in [0.1, 0.15) is 5.75 Å². The van der Waals surface area contributed by atoms with Crippen LogP contribution in [0.25, 0.3) is 0 Å². The average molecular weight is 204 g/mol. The van der Waals surface area contributed by atoms with Crippen molar-refractivity contribution >= 4 is 5.97 Å². The first-order chi connectivity index (χ1) is 7.21. The summed E-state index contributed by atoms with van der Waals surface area (Å²) < 4.78 is 5.36. The summed E-state index contributed by atoms with van der Waals surface area (Å²) in [5.41, 5.74) is -0.254. The summed E-state index contributed by atoms with van der Waals surface area (Å²) in [5.74, 6) is 0.571. The zero-order chi connectivity index (χ0) is 10.7. The van der Waals surface area contributed by atoms with E-state index in [2.05, 4.69) is 0 Å². The number of hydrogen-bond acceptors (Lipinski definition) is 2. The Morgan fingerprint density at radius 2 is 1.80 bits per heavy atom. The number of esters is 1. The summed E-state index contributed by atoms with van der Waals surface area (Å²) in [6, 6.07) is 9.29. The number of benzene rings is 1. The van der Waals surface area contributed by atoms with Crippen molar-refractivity contribution in [1.82, 2.24) is 0 Å². The number of ether oxygens (including phenoxy) is 1. The molecule has 0 saturated heterocycles. The van der Waals surface area contributed by atoms with Crippen molar-refractivity contribution in [3.8, 4) is 5.75 Å². The first-order valence-electron chi connectivity index (χ1n) is 5.48. The van der Waals surface area contributed by atoms with Gasteiger partial charge in [0.25, 0.3) is 0 Å². The summed E-state index contributed by atoms with van der Waals surface area (Å²) in [4.78, 5) is 11.9. The van der Waals surface area contributed by atoms with Gasteiger partial charge in [0, 0.05) is 0 Å². The highest BCUT2D eigenvalue weighted by Crippen LogP contribution is 2.38. The van der Waals surface area contributed by atoms with Crippen molar-refractivity contribution in [1.29, 1.82) is 0 Å². The molecular weight excluding hydrogens is 188 g/mol. The Hall–Kier alpha value is -1.31. The predicted octanol–water partition coefficient (Wildman–Crippen LogP) is 3.17. The monoisotopic (exact) mass is 204 g/mol. The minimum atomic E-state index is -0.254. The molecule has 0 bridgehead atoms. The Morgan fingerprint density at radius 3 is 2.40 bits per heavy atom. The number of carbonyl (C=O) groups excluding carboxylic acids is 1. The van der Waals surface area contributed by atoms with Crippen LogP contribution >= 0.6 is 0 Å². The van der Waals surface area contributed by atoms with Gasteiger partial charge in [-0.25, -0.2) is 0 Å². The Labute approximate surface area is 90.3 Å². The highest BCUT2D eigenvalue weighted by Gasteiger charge is 2.37. The lowest BCUT2D eigenvalue weighted by molar-refractivity contribution is -0.144. The van der Waals surface area contributed by atoms with Crippen molar-refractivity contribution in [3.63, 3.8) is 0 Å². The van der Waals surface area contributed by atoms with Crippen LogP contribution in [0.15, 0.2) is 30.3 Å². The van der Waals surface area contributed by atoms with Crippen LogP contribution in [0.1, 0.15) is 32.6 Å². The maximum absolute atomic E-state index is 11.9. The first-order valence-corrected chi connectivity index (χ1v) is 5.48. The van der Waals surface area contributed by atoms with Gasteiger partial charge in [0.05, 0.1) is 5.41 Å². The molecule has 0 N–H and O–H groups in total. The zero-order valence-electron chi connectivity index (χ0n) is 9.03. The molecule has 1 saturated carbocycles. The van der Waals surface area contributed by atoms with Crippen LogP contribution in [-0.2, 0) is 4.79 Å². The third kappa shape index (κ3) is 2.20. The molecule has 0 heterocycles. The van der Waals surface area contributed by atoms with E-state index in [0.29, 0.717) is 5.75 Å². The van der Waals surface area contributed by atoms with Gasteiger partial charge in [-0.2, -0.15) is 0 Å². The third-order valence-electron chi connectivity index (χ3n) is 3.15. The molecule has 0 atom stereocenters. The minimum absolute atomic E-state index is 0.0776. The first kappa shape index (κ1) is 10.2. The number of hydrogen-bond donors (Lipinski definition) is 0. The molecule has 0 unspecified atom stereocenters. The normalized spacial score (nSPS) is 18.7. The lowest BCUT2D eigenvalue weighted by atomic mass is 9.89. The van der Waals surface area contributed by atoms with Gasteiger partial charge in [-0.3, -0.25) is 4.79 Å². The van der Waals surface area contributed by atoms with Crippen LogP contribution in [0, 0.1) is 5.41 Å². The lowest BCUT2D eigenvalue weighted by Gasteiger charge is -2.20. The summed E-state index contributed by atoms with van der Waals surface area (Å²) in [5, 5.41) is 0. The summed E-state index contributed by atoms with van der Waals surface area (Å²) in [6.45, 7) is 2.01. The Bertz CT molecular complexity index is 337. The molecule has 1 aromatic rings.